The minimum Gasteiger partial charge on any atom is -0.508 e. The first-order valence-corrected chi connectivity index (χ1v) is 8.72. The summed E-state index contributed by atoms with van der Waals surface area (Å²) >= 11 is 0. The third-order valence-electron chi connectivity index (χ3n) is 5.22. The standard InChI is InChI=1S/C22H20N2O/c23-15-18-7-10-22(21-4-2-1-3-20(18)21)24-13-11-17(12-14-24)16-5-8-19(25)9-6-16/h1-10,17,25H,11-14H2. The van der Waals surface area contributed by atoms with Gasteiger partial charge in [0.25, 0.3) is 0 Å². The van der Waals surface area contributed by atoms with Crippen LogP contribution in [0.3, 0.4) is 0 Å². The van der Waals surface area contributed by atoms with E-state index in [2.05, 4.69) is 23.1 Å². The maximum absolute atomic E-state index is 9.46. The molecule has 0 amide bonds. The highest BCUT2D eigenvalue weighted by molar-refractivity contribution is 5.97. The van der Waals surface area contributed by atoms with Gasteiger partial charge in [0.2, 0.25) is 0 Å². The Morgan fingerprint density at radius 3 is 2.24 bits per heavy atom. The molecule has 0 atom stereocenters. The molecule has 3 nitrogen and oxygen atoms in total. The highest BCUT2D eigenvalue weighted by Gasteiger charge is 2.22. The molecule has 1 aliphatic heterocycles. The molecule has 1 aliphatic rings. The zero-order chi connectivity index (χ0) is 17.2. The lowest BCUT2D eigenvalue weighted by atomic mass is 9.89. The summed E-state index contributed by atoms with van der Waals surface area (Å²) in [5.41, 5.74) is 3.26. The van der Waals surface area contributed by atoms with Crippen LogP contribution in [-0.4, -0.2) is 18.2 Å². The quantitative estimate of drug-likeness (QED) is 0.735. The number of phenolic OH excluding ortho intramolecular Hbond substituents is 1. The van der Waals surface area contributed by atoms with E-state index in [9.17, 15) is 10.4 Å². The summed E-state index contributed by atoms with van der Waals surface area (Å²) in [6.07, 6.45) is 2.19. The molecule has 3 aromatic carbocycles. The highest BCUT2D eigenvalue weighted by Crippen LogP contribution is 2.35. The number of rotatable bonds is 2. The first-order valence-electron chi connectivity index (χ1n) is 8.72. The minimum absolute atomic E-state index is 0.324. The number of aromatic hydroxyl groups is 1. The van der Waals surface area contributed by atoms with Gasteiger partial charge >= 0.3 is 0 Å². The normalized spacial score (nSPS) is 15.2. The van der Waals surface area contributed by atoms with Gasteiger partial charge in [-0.25, -0.2) is 0 Å². The van der Waals surface area contributed by atoms with Crippen LogP contribution in [0.15, 0.2) is 60.7 Å². The number of hydrogen-bond donors (Lipinski definition) is 1. The number of fused-ring (bicyclic) bond motifs is 1. The number of hydrogen-bond acceptors (Lipinski definition) is 3. The van der Waals surface area contributed by atoms with E-state index in [0.29, 0.717) is 11.7 Å². The van der Waals surface area contributed by atoms with Crippen LogP contribution in [0.2, 0.25) is 0 Å². The van der Waals surface area contributed by atoms with Crippen LogP contribution >= 0.6 is 0 Å². The third kappa shape index (κ3) is 2.92. The lowest BCUT2D eigenvalue weighted by molar-refractivity contribution is 0.473. The number of piperidine rings is 1. The Kier molecular flexibility index (Phi) is 4.03. The third-order valence-corrected chi connectivity index (χ3v) is 5.22. The Morgan fingerprint density at radius 2 is 1.56 bits per heavy atom. The van der Waals surface area contributed by atoms with Crippen LogP contribution in [0.1, 0.15) is 29.9 Å². The topological polar surface area (TPSA) is 47.3 Å². The van der Waals surface area contributed by atoms with Crippen molar-refractivity contribution >= 4 is 16.5 Å². The molecule has 0 aliphatic carbocycles. The number of nitriles is 1. The van der Waals surface area contributed by atoms with Gasteiger partial charge < -0.3 is 10.0 Å². The molecular weight excluding hydrogens is 308 g/mol. The first-order chi connectivity index (χ1) is 12.3. The summed E-state index contributed by atoms with van der Waals surface area (Å²) in [7, 11) is 0. The molecule has 4 rings (SSSR count). The molecule has 1 heterocycles. The Morgan fingerprint density at radius 1 is 0.880 bits per heavy atom. The zero-order valence-electron chi connectivity index (χ0n) is 14.0. The van der Waals surface area contributed by atoms with Crippen molar-refractivity contribution in [2.75, 3.05) is 18.0 Å². The number of anilines is 1. The molecule has 0 spiro atoms. The maximum atomic E-state index is 9.46. The van der Waals surface area contributed by atoms with Gasteiger partial charge in [0.15, 0.2) is 0 Å². The smallest absolute Gasteiger partial charge is 0.115 e. The van der Waals surface area contributed by atoms with E-state index in [4.69, 9.17) is 0 Å². The van der Waals surface area contributed by atoms with Crippen molar-refractivity contribution < 1.29 is 5.11 Å². The zero-order valence-corrected chi connectivity index (χ0v) is 14.0. The van der Waals surface area contributed by atoms with E-state index in [1.165, 1.54) is 11.3 Å². The van der Waals surface area contributed by atoms with E-state index in [1.54, 1.807) is 12.1 Å². The van der Waals surface area contributed by atoms with Gasteiger partial charge in [0.05, 0.1) is 11.6 Å². The molecule has 1 fully saturated rings. The van der Waals surface area contributed by atoms with E-state index < -0.39 is 0 Å². The van der Waals surface area contributed by atoms with Crippen molar-refractivity contribution in [1.29, 1.82) is 5.26 Å². The second kappa shape index (κ2) is 6.49. The van der Waals surface area contributed by atoms with Crippen molar-refractivity contribution in [2.45, 2.75) is 18.8 Å². The van der Waals surface area contributed by atoms with Crippen molar-refractivity contribution in [2.24, 2.45) is 0 Å². The van der Waals surface area contributed by atoms with Crippen molar-refractivity contribution in [1.82, 2.24) is 0 Å². The minimum atomic E-state index is 0.324. The Hall–Kier alpha value is -2.99. The summed E-state index contributed by atoms with van der Waals surface area (Å²) in [4.78, 5) is 2.43. The van der Waals surface area contributed by atoms with Gasteiger partial charge in [-0.05, 0) is 48.6 Å². The van der Waals surface area contributed by atoms with E-state index in [1.807, 2.05) is 36.4 Å². The fraction of sp³-hybridized carbons (Fsp3) is 0.227. The summed E-state index contributed by atoms with van der Waals surface area (Å²) in [6.45, 7) is 2.00. The Balaban J connectivity index is 1.58. The van der Waals surface area contributed by atoms with Gasteiger partial charge in [0, 0.05) is 29.5 Å². The molecule has 3 heteroatoms. The SMILES string of the molecule is N#Cc1ccc(N2CCC(c3ccc(O)cc3)CC2)c2ccccc12. The molecule has 1 saturated heterocycles. The number of phenols is 1. The van der Waals surface area contributed by atoms with E-state index in [0.717, 1.165) is 42.3 Å². The predicted octanol–water partition coefficient (Wildman–Crippen LogP) is 4.80. The Bertz CT molecular complexity index is 932. The van der Waals surface area contributed by atoms with Gasteiger partial charge in [0.1, 0.15) is 5.75 Å². The van der Waals surface area contributed by atoms with Crippen molar-refractivity contribution in [3.63, 3.8) is 0 Å². The summed E-state index contributed by atoms with van der Waals surface area (Å²) in [5, 5.41) is 21.0. The maximum Gasteiger partial charge on any atom is 0.115 e. The summed E-state index contributed by atoms with van der Waals surface area (Å²) in [6, 6.07) is 22.1. The van der Waals surface area contributed by atoms with Crippen molar-refractivity contribution in [3.8, 4) is 11.8 Å². The summed E-state index contributed by atoms with van der Waals surface area (Å²) < 4.78 is 0. The fourth-order valence-electron chi connectivity index (χ4n) is 3.86. The fourth-order valence-corrected chi connectivity index (χ4v) is 3.86. The van der Waals surface area contributed by atoms with Crippen LogP contribution in [0.25, 0.3) is 10.8 Å². The Labute approximate surface area is 147 Å². The molecule has 0 unspecified atom stereocenters. The lowest BCUT2D eigenvalue weighted by Crippen LogP contribution is -2.33. The average Bonchev–Trinajstić information content (AvgIpc) is 2.68. The van der Waals surface area contributed by atoms with E-state index in [-0.39, 0.29) is 0 Å². The molecule has 1 N–H and O–H groups in total. The molecular formula is C22H20N2O. The van der Waals surface area contributed by atoms with Gasteiger partial charge in [-0.15, -0.1) is 0 Å². The van der Waals surface area contributed by atoms with Crippen molar-refractivity contribution in [3.05, 3.63) is 71.8 Å². The number of nitrogens with zero attached hydrogens (tertiary/aromatic N) is 2. The van der Waals surface area contributed by atoms with Crippen LogP contribution < -0.4 is 4.90 Å². The van der Waals surface area contributed by atoms with Crippen LogP contribution in [0.5, 0.6) is 5.75 Å². The molecule has 25 heavy (non-hydrogen) atoms. The molecule has 3 aromatic rings. The van der Waals surface area contributed by atoms with Crippen LogP contribution in [-0.2, 0) is 0 Å². The second-order valence-electron chi connectivity index (χ2n) is 6.64. The largest absolute Gasteiger partial charge is 0.508 e. The molecule has 0 bridgehead atoms. The van der Waals surface area contributed by atoms with Gasteiger partial charge in [-0.2, -0.15) is 5.26 Å². The highest BCUT2D eigenvalue weighted by atomic mass is 16.3. The predicted molar refractivity (Wildman–Crippen MR) is 101 cm³/mol. The van der Waals surface area contributed by atoms with Crippen LogP contribution in [0, 0.1) is 11.3 Å². The number of benzene rings is 3. The van der Waals surface area contributed by atoms with E-state index >= 15 is 0 Å². The average molecular weight is 328 g/mol. The van der Waals surface area contributed by atoms with Gasteiger partial charge in [-0.3, -0.25) is 0 Å². The summed E-state index contributed by atoms with van der Waals surface area (Å²) in [5.74, 6) is 0.867. The second-order valence-corrected chi connectivity index (χ2v) is 6.64. The molecule has 124 valence electrons. The molecule has 0 radical (unpaired) electrons. The molecule has 0 aromatic heterocycles. The lowest BCUT2D eigenvalue weighted by Gasteiger charge is -2.34. The van der Waals surface area contributed by atoms with Crippen LogP contribution in [0.4, 0.5) is 5.69 Å². The monoisotopic (exact) mass is 328 g/mol. The van der Waals surface area contributed by atoms with Gasteiger partial charge in [-0.1, -0.05) is 36.4 Å². The first kappa shape index (κ1) is 15.5. The molecule has 0 saturated carbocycles.